The molecular formula is C12H18ClN3O. The van der Waals surface area contributed by atoms with Gasteiger partial charge < -0.3 is 10.1 Å². The lowest BCUT2D eigenvalue weighted by Gasteiger charge is -2.13. The molecule has 94 valence electrons. The van der Waals surface area contributed by atoms with Crippen LogP contribution in [0.5, 0.6) is 5.88 Å². The molecule has 1 N–H and O–H groups in total. The number of nitrogens with one attached hydrogen (secondary N) is 1. The zero-order chi connectivity index (χ0) is 12.1. The van der Waals surface area contributed by atoms with Crippen LogP contribution in [0, 0.1) is 5.41 Å². The number of aromatic nitrogens is 2. The van der Waals surface area contributed by atoms with Crippen molar-refractivity contribution in [2.45, 2.75) is 26.2 Å². The number of rotatable bonds is 7. The van der Waals surface area contributed by atoms with E-state index in [1.54, 1.807) is 0 Å². The third-order valence-electron chi connectivity index (χ3n) is 2.98. The summed E-state index contributed by atoms with van der Waals surface area (Å²) in [7, 11) is 0. The van der Waals surface area contributed by atoms with E-state index in [1.165, 1.54) is 19.2 Å². The number of alkyl halides is 1. The molecule has 0 unspecified atom stereocenters. The van der Waals surface area contributed by atoms with Crippen LogP contribution >= 0.6 is 11.6 Å². The van der Waals surface area contributed by atoms with Gasteiger partial charge in [-0.25, -0.2) is 9.97 Å². The average molecular weight is 256 g/mol. The minimum Gasteiger partial charge on any atom is -0.478 e. The molecule has 1 aliphatic carbocycles. The van der Waals surface area contributed by atoms with Crippen molar-refractivity contribution in [2.75, 3.05) is 24.3 Å². The highest BCUT2D eigenvalue weighted by atomic mass is 35.5. The monoisotopic (exact) mass is 255 g/mol. The van der Waals surface area contributed by atoms with Crippen LogP contribution in [0.25, 0.3) is 0 Å². The van der Waals surface area contributed by atoms with E-state index in [9.17, 15) is 0 Å². The van der Waals surface area contributed by atoms with Crippen molar-refractivity contribution in [3.05, 3.63) is 12.4 Å². The summed E-state index contributed by atoms with van der Waals surface area (Å²) in [4.78, 5) is 8.23. The normalized spacial score (nSPS) is 16.6. The molecule has 0 amide bonds. The molecule has 4 nitrogen and oxygen atoms in total. The van der Waals surface area contributed by atoms with Crippen LogP contribution in [0.4, 0.5) is 5.82 Å². The van der Waals surface area contributed by atoms with E-state index in [0.29, 0.717) is 18.4 Å². The van der Waals surface area contributed by atoms with Crippen LogP contribution in [0.2, 0.25) is 0 Å². The van der Waals surface area contributed by atoms with Gasteiger partial charge in [-0.15, -0.1) is 11.6 Å². The van der Waals surface area contributed by atoms with Crippen molar-refractivity contribution < 1.29 is 4.74 Å². The van der Waals surface area contributed by atoms with Crippen molar-refractivity contribution in [1.82, 2.24) is 9.97 Å². The van der Waals surface area contributed by atoms with Gasteiger partial charge in [-0.2, -0.15) is 0 Å². The molecule has 0 aliphatic heterocycles. The Morgan fingerprint density at radius 2 is 2.29 bits per heavy atom. The van der Waals surface area contributed by atoms with Crippen molar-refractivity contribution in [2.24, 2.45) is 5.41 Å². The Labute approximate surface area is 107 Å². The van der Waals surface area contributed by atoms with E-state index in [1.807, 2.05) is 6.07 Å². The highest BCUT2D eigenvalue weighted by Gasteiger charge is 2.41. The van der Waals surface area contributed by atoms with Crippen LogP contribution < -0.4 is 10.1 Å². The molecule has 0 aromatic carbocycles. The van der Waals surface area contributed by atoms with E-state index in [2.05, 4.69) is 22.2 Å². The fourth-order valence-electron chi connectivity index (χ4n) is 1.53. The van der Waals surface area contributed by atoms with E-state index < -0.39 is 0 Å². The molecule has 0 spiro atoms. The number of halogens is 1. The topological polar surface area (TPSA) is 47.0 Å². The SMILES string of the molecule is CCCOc1cc(NCC2(CCl)CC2)ncn1. The fourth-order valence-corrected chi connectivity index (χ4v) is 1.90. The summed E-state index contributed by atoms with van der Waals surface area (Å²) in [5.74, 6) is 2.15. The van der Waals surface area contributed by atoms with Gasteiger partial charge in [0.2, 0.25) is 5.88 Å². The standard InChI is InChI=1S/C12H18ClN3O/c1-2-5-17-11-6-10(15-9-16-11)14-8-12(7-13)3-4-12/h6,9H,2-5,7-8H2,1H3,(H,14,15,16). The first-order valence-corrected chi connectivity index (χ1v) is 6.56. The predicted molar refractivity (Wildman–Crippen MR) is 68.7 cm³/mol. The Bertz CT molecular complexity index is 369. The van der Waals surface area contributed by atoms with Crippen molar-refractivity contribution in [1.29, 1.82) is 0 Å². The maximum absolute atomic E-state index is 5.92. The summed E-state index contributed by atoms with van der Waals surface area (Å²) < 4.78 is 5.45. The molecule has 0 bridgehead atoms. The Kier molecular flexibility index (Phi) is 4.05. The number of hydrogen-bond donors (Lipinski definition) is 1. The zero-order valence-corrected chi connectivity index (χ0v) is 10.8. The first-order valence-electron chi connectivity index (χ1n) is 6.03. The summed E-state index contributed by atoms with van der Waals surface area (Å²) in [5, 5.41) is 3.30. The number of hydrogen-bond acceptors (Lipinski definition) is 4. The van der Waals surface area contributed by atoms with Crippen LogP contribution in [0.3, 0.4) is 0 Å². The number of nitrogens with zero attached hydrogens (tertiary/aromatic N) is 2. The second-order valence-electron chi connectivity index (χ2n) is 4.58. The van der Waals surface area contributed by atoms with Gasteiger partial charge in [-0.05, 0) is 19.3 Å². The van der Waals surface area contributed by atoms with Gasteiger partial charge in [0.1, 0.15) is 12.1 Å². The maximum Gasteiger partial charge on any atom is 0.218 e. The Balaban J connectivity index is 1.87. The van der Waals surface area contributed by atoms with E-state index in [-0.39, 0.29) is 5.41 Å². The van der Waals surface area contributed by atoms with E-state index in [0.717, 1.165) is 18.8 Å². The summed E-state index contributed by atoms with van der Waals surface area (Å²) in [6, 6.07) is 1.83. The maximum atomic E-state index is 5.92. The summed E-state index contributed by atoms with van der Waals surface area (Å²) >= 11 is 5.92. The molecule has 1 aliphatic rings. The molecule has 1 aromatic rings. The minimum atomic E-state index is 0.289. The van der Waals surface area contributed by atoms with E-state index in [4.69, 9.17) is 16.3 Å². The first-order chi connectivity index (χ1) is 8.28. The van der Waals surface area contributed by atoms with Gasteiger partial charge in [-0.1, -0.05) is 6.92 Å². The van der Waals surface area contributed by atoms with Gasteiger partial charge in [0.05, 0.1) is 6.61 Å². The molecule has 0 atom stereocenters. The van der Waals surface area contributed by atoms with Crippen molar-refractivity contribution >= 4 is 17.4 Å². The third-order valence-corrected chi connectivity index (χ3v) is 3.55. The van der Waals surface area contributed by atoms with Crippen LogP contribution in [0.1, 0.15) is 26.2 Å². The Hall–Kier alpha value is -1.03. The smallest absolute Gasteiger partial charge is 0.218 e. The lowest BCUT2D eigenvalue weighted by Crippen LogP contribution is -2.17. The lowest BCUT2D eigenvalue weighted by atomic mass is 10.1. The highest BCUT2D eigenvalue weighted by Crippen LogP contribution is 2.46. The predicted octanol–water partition coefficient (Wildman–Crippen LogP) is 2.70. The Morgan fingerprint density at radius 1 is 1.47 bits per heavy atom. The van der Waals surface area contributed by atoms with Gasteiger partial charge in [0.15, 0.2) is 0 Å². The summed E-state index contributed by atoms with van der Waals surface area (Å²) in [6.07, 6.45) is 4.90. The molecule has 2 rings (SSSR count). The fraction of sp³-hybridized carbons (Fsp3) is 0.667. The van der Waals surface area contributed by atoms with Gasteiger partial charge in [-0.3, -0.25) is 0 Å². The van der Waals surface area contributed by atoms with Crippen LogP contribution in [-0.2, 0) is 0 Å². The first kappa shape index (κ1) is 12.4. The minimum absolute atomic E-state index is 0.289. The molecule has 1 saturated carbocycles. The van der Waals surface area contributed by atoms with Gasteiger partial charge in [0, 0.05) is 23.9 Å². The molecule has 5 heteroatoms. The molecule has 1 heterocycles. The largest absolute Gasteiger partial charge is 0.478 e. The van der Waals surface area contributed by atoms with Crippen molar-refractivity contribution in [3.8, 4) is 5.88 Å². The second-order valence-corrected chi connectivity index (χ2v) is 4.84. The van der Waals surface area contributed by atoms with Crippen LogP contribution in [-0.4, -0.2) is 29.0 Å². The third kappa shape index (κ3) is 3.46. The van der Waals surface area contributed by atoms with Crippen LogP contribution in [0.15, 0.2) is 12.4 Å². The molecule has 17 heavy (non-hydrogen) atoms. The molecular weight excluding hydrogens is 238 g/mol. The summed E-state index contributed by atoms with van der Waals surface area (Å²) in [6.45, 7) is 3.63. The van der Waals surface area contributed by atoms with Gasteiger partial charge >= 0.3 is 0 Å². The second kappa shape index (κ2) is 5.54. The molecule has 0 saturated heterocycles. The highest BCUT2D eigenvalue weighted by molar-refractivity contribution is 6.18. The number of anilines is 1. The average Bonchev–Trinajstić information content (AvgIpc) is 3.15. The molecule has 1 fully saturated rings. The zero-order valence-electron chi connectivity index (χ0n) is 10.1. The lowest BCUT2D eigenvalue weighted by molar-refractivity contribution is 0.305. The molecule has 0 radical (unpaired) electrons. The quantitative estimate of drug-likeness (QED) is 0.761. The van der Waals surface area contributed by atoms with Crippen molar-refractivity contribution in [3.63, 3.8) is 0 Å². The molecule has 1 aromatic heterocycles. The Morgan fingerprint density at radius 3 is 2.94 bits per heavy atom. The van der Waals surface area contributed by atoms with Gasteiger partial charge in [0.25, 0.3) is 0 Å². The number of ether oxygens (including phenoxy) is 1. The summed E-state index contributed by atoms with van der Waals surface area (Å²) in [5.41, 5.74) is 0.289. The van der Waals surface area contributed by atoms with E-state index >= 15 is 0 Å².